The van der Waals surface area contributed by atoms with Crippen molar-refractivity contribution in [3.8, 4) is 0 Å². The molecule has 0 aromatic carbocycles. The van der Waals surface area contributed by atoms with Crippen LogP contribution in [0.5, 0.6) is 0 Å². The average Bonchev–Trinajstić information content (AvgIpc) is 2.39. The van der Waals surface area contributed by atoms with E-state index in [0.717, 1.165) is 25.7 Å². The zero-order valence-corrected chi connectivity index (χ0v) is 13.6. The van der Waals surface area contributed by atoms with Crippen LogP contribution in [0, 0.1) is 0 Å². The molecule has 0 bridgehead atoms. The Morgan fingerprint density at radius 2 is 1.53 bits per heavy atom. The lowest BCUT2D eigenvalue weighted by Gasteiger charge is -2.16. The summed E-state index contributed by atoms with van der Waals surface area (Å²) in [6.07, 6.45) is 10.3. The summed E-state index contributed by atoms with van der Waals surface area (Å²) < 4.78 is 0. The van der Waals surface area contributed by atoms with E-state index in [1.54, 1.807) is 6.92 Å². The Kier molecular flexibility index (Phi) is 12.6. The summed E-state index contributed by atoms with van der Waals surface area (Å²) in [6.45, 7) is 6.06. The van der Waals surface area contributed by atoms with Crippen molar-refractivity contribution in [2.75, 3.05) is 0 Å². The van der Waals surface area contributed by atoms with Gasteiger partial charge in [0.15, 0.2) is 0 Å². The van der Waals surface area contributed by atoms with Gasteiger partial charge in [-0.05, 0) is 19.8 Å². The van der Waals surface area contributed by atoms with Crippen molar-refractivity contribution < 1.29 is 14.6 Å². The van der Waals surface area contributed by atoms with E-state index in [1.807, 2.05) is 0 Å². The molecular weight excluding hydrogens is 260 g/mol. The van der Waals surface area contributed by atoms with Crippen LogP contribution in [0.1, 0.15) is 78.6 Å². The predicted molar refractivity (Wildman–Crippen MR) is 82.3 cm³/mol. The van der Waals surface area contributed by atoms with Crippen molar-refractivity contribution in [2.24, 2.45) is 0 Å². The van der Waals surface area contributed by atoms with Crippen LogP contribution in [0.25, 0.3) is 0 Å². The van der Waals surface area contributed by atoms with Gasteiger partial charge in [-0.1, -0.05) is 58.8 Å². The summed E-state index contributed by atoms with van der Waals surface area (Å²) in [5.74, 6) is -0.405. The predicted octanol–water partition coefficient (Wildman–Crippen LogP) is 4.70. The third-order valence-electron chi connectivity index (χ3n) is 3.12. The summed E-state index contributed by atoms with van der Waals surface area (Å²) in [6, 6.07) is 0. The van der Waals surface area contributed by atoms with Gasteiger partial charge in [0.2, 0.25) is 0 Å². The number of thiol groups is 1. The van der Waals surface area contributed by atoms with Gasteiger partial charge in [0.1, 0.15) is 6.10 Å². The maximum atomic E-state index is 11.3. The summed E-state index contributed by atoms with van der Waals surface area (Å²) in [7, 11) is 0. The molecule has 0 saturated heterocycles. The highest BCUT2D eigenvalue weighted by Crippen LogP contribution is 2.15. The van der Waals surface area contributed by atoms with Gasteiger partial charge in [0, 0.05) is 0 Å². The number of carbonyl (C=O) groups is 1. The first-order valence-corrected chi connectivity index (χ1v) is 8.18. The van der Waals surface area contributed by atoms with E-state index < -0.39 is 11.2 Å². The second-order valence-corrected chi connectivity index (χ2v) is 5.92. The van der Waals surface area contributed by atoms with E-state index in [1.165, 1.54) is 32.1 Å². The highest BCUT2D eigenvalue weighted by Gasteiger charge is 2.15. The molecular formula is C15H30O3S. The molecule has 0 saturated carbocycles. The molecule has 2 unspecified atom stereocenters. The van der Waals surface area contributed by atoms with Gasteiger partial charge in [-0.2, -0.15) is 17.5 Å². The molecule has 0 aliphatic rings. The Morgan fingerprint density at radius 1 is 1.00 bits per heavy atom. The van der Waals surface area contributed by atoms with Crippen LogP contribution in [0.4, 0.5) is 0 Å². The Labute approximate surface area is 123 Å². The molecule has 0 aromatic heterocycles. The van der Waals surface area contributed by atoms with Gasteiger partial charge in [-0.15, -0.1) is 0 Å². The van der Waals surface area contributed by atoms with E-state index in [-0.39, 0.29) is 6.10 Å². The molecule has 0 heterocycles. The lowest BCUT2D eigenvalue weighted by atomic mass is 10.0. The second kappa shape index (κ2) is 12.8. The average molecular weight is 290 g/mol. The number of unbranched alkanes of at least 4 members (excludes halogenated alkanes) is 5. The van der Waals surface area contributed by atoms with Crippen molar-refractivity contribution in [3.63, 3.8) is 0 Å². The van der Waals surface area contributed by atoms with E-state index >= 15 is 0 Å². The molecule has 0 fully saturated rings. The molecule has 19 heavy (non-hydrogen) atoms. The molecule has 0 rings (SSSR count). The SMILES string of the molecule is CCCCCCC(CCCCC)OOC(=O)C(C)S. The van der Waals surface area contributed by atoms with Crippen molar-refractivity contribution in [3.05, 3.63) is 0 Å². The molecule has 0 aliphatic carbocycles. The van der Waals surface area contributed by atoms with Crippen LogP contribution < -0.4 is 0 Å². The highest BCUT2D eigenvalue weighted by atomic mass is 32.1. The first-order valence-electron chi connectivity index (χ1n) is 7.67. The van der Waals surface area contributed by atoms with Crippen LogP contribution >= 0.6 is 12.6 Å². The zero-order valence-electron chi connectivity index (χ0n) is 12.7. The van der Waals surface area contributed by atoms with Crippen LogP contribution in [0.15, 0.2) is 0 Å². The molecule has 0 N–H and O–H groups in total. The summed E-state index contributed by atoms with van der Waals surface area (Å²) in [5, 5.41) is -0.434. The topological polar surface area (TPSA) is 35.5 Å². The number of hydrogen-bond acceptors (Lipinski definition) is 4. The van der Waals surface area contributed by atoms with E-state index in [4.69, 9.17) is 9.78 Å². The second-order valence-electron chi connectivity index (χ2n) is 5.14. The molecule has 0 spiro atoms. The molecule has 0 aromatic rings. The fourth-order valence-corrected chi connectivity index (χ4v) is 1.89. The van der Waals surface area contributed by atoms with Crippen LogP contribution in [0.3, 0.4) is 0 Å². The van der Waals surface area contributed by atoms with Gasteiger partial charge >= 0.3 is 5.97 Å². The van der Waals surface area contributed by atoms with E-state index in [2.05, 4.69) is 26.5 Å². The minimum absolute atomic E-state index is 0.0411. The lowest BCUT2D eigenvalue weighted by Crippen LogP contribution is -2.21. The molecule has 0 amide bonds. The standard InChI is InChI=1S/C15H30O3S/c1-4-6-8-10-12-14(11-9-7-5-2)17-18-15(16)13(3)19/h13-14,19H,4-12H2,1-3H3. The molecule has 0 radical (unpaired) electrons. The quantitative estimate of drug-likeness (QED) is 0.245. The van der Waals surface area contributed by atoms with Crippen molar-refractivity contribution >= 4 is 18.6 Å². The Balaban J connectivity index is 3.91. The van der Waals surface area contributed by atoms with E-state index in [0.29, 0.717) is 0 Å². The third kappa shape index (κ3) is 11.3. The Bertz CT molecular complexity index is 219. The van der Waals surface area contributed by atoms with E-state index in [9.17, 15) is 4.79 Å². The maximum Gasteiger partial charge on any atom is 0.354 e. The first kappa shape index (κ1) is 18.8. The van der Waals surface area contributed by atoms with Crippen molar-refractivity contribution in [1.82, 2.24) is 0 Å². The third-order valence-corrected chi connectivity index (χ3v) is 3.33. The minimum atomic E-state index is -0.434. The fraction of sp³-hybridized carbons (Fsp3) is 0.933. The largest absolute Gasteiger partial charge is 0.354 e. The number of rotatable bonds is 12. The van der Waals surface area contributed by atoms with Gasteiger partial charge in [0.05, 0.1) is 5.25 Å². The molecule has 0 aliphatic heterocycles. The number of carbonyl (C=O) groups excluding carboxylic acids is 1. The first-order chi connectivity index (χ1) is 9.11. The Morgan fingerprint density at radius 3 is 2.05 bits per heavy atom. The van der Waals surface area contributed by atoms with Crippen LogP contribution in [-0.2, 0) is 14.6 Å². The molecule has 4 heteroatoms. The molecule has 114 valence electrons. The molecule has 3 nitrogen and oxygen atoms in total. The van der Waals surface area contributed by atoms with Gasteiger partial charge in [-0.25, -0.2) is 4.79 Å². The monoisotopic (exact) mass is 290 g/mol. The van der Waals surface area contributed by atoms with Gasteiger partial charge in [0.25, 0.3) is 0 Å². The van der Waals surface area contributed by atoms with Crippen molar-refractivity contribution in [1.29, 1.82) is 0 Å². The van der Waals surface area contributed by atoms with Crippen LogP contribution in [0.2, 0.25) is 0 Å². The Hall–Kier alpha value is -0.220. The fourth-order valence-electron chi connectivity index (χ4n) is 1.85. The normalized spacial score (nSPS) is 14.1. The summed E-state index contributed by atoms with van der Waals surface area (Å²) in [4.78, 5) is 21.5. The van der Waals surface area contributed by atoms with Gasteiger partial charge < -0.3 is 0 Å². The summed E-state index contributed by atoms with van der Waals surface area (Å²) in [5.41, 5.74) is 0. The van der Waals surface area contributed by atoms with Crippen molar-refractivity contribution in [2.45, 2.75) is 89.9 Å². The van der Waals surface area contributed by atoms with Gasteiger partial charge in [-0.3, -0.25) is 4.89 Å². The maximum absolute atomic E-state index is 11.3. The minimum Gasteiger partial charge on any atom is -0.297 e. The molecule has 2 atom stereocenters. The summed E-state index contributed by atoms with van der Waals surface area (Å²) >= 11 is 4.02. The zero-order chi connectivity index (χ0) is 14.5. The smallest absolute Gasteiger partial charge is 0.297 e. The highest BCUT2D eigenvalue weighted by molar-refractivity contribution is 7.81. The number of hydrogen-bond donors (Lipinski definition) is 1. The lowest BCUT2D eigenvalue weighted by molar-refractivity contribution is -0.299. The van der Waals surface area contributed by atoms with Crippen LogP contribution in [-0.4, -0.2) is 17.3 Å².